The Morgan fingerprint density at radius 2 is 2.00 bits per heavy atom. The molecule has 0 saturated carbocycles. The molecular weight excluding hydrogens is 223 g/mol. The number of halogens is 2. The molecule has 0 spiro atoms. The first kappa shape index (κ1) is 9.52. The molecule has 1 atom stereocenters. The molecule has 1 aromatic carbocycles. The third kappa shape index (κ3) is 2.81. The Bertz CT molecular complexity index is 233. The fraction of sp³-hybridized carbons (Fsp3) is 0.333. The highest BCUT2D eigenvalue weighted by atomic mass is 79.9. The van der Waals surface area contributed by atoms with E-state index in [2.05, 4.69) is 15.9 Å². The minimum absolute atomic E-state index is 0.393. The van der Waals surface area contributed by atoms with Gasteiger partial charge in [0.25, 0.3) is 0 Å². The molecule has 0 aliphatic rings. The summed E-state index contributed by atoms with van der Waals surface area (Å²) in [6, 6.07) is 7.36. The Balaban J connectivity index is 2.65. The predicted molar refractivity (Wildman–Crippen MR) is 50.5 cm³/mol. The van der Waals surface area contributed by atoms with Gasteiger partial charge in [-0.15, -0.1) is 0 Å². The molecule has 1 nitrogen and oxygen atoms in total. The van der Waals surface area contributed by atoms with Crippen LogP contribution in [0.3, 0.4) is 0 Å². The minimum atomic E-state index is -0.967. The van der Waals surface area contributed by atoms with E-state index in [0.29, 0.717) is 6.42 Å². The molecule has 0 amide bonds. The quantitative estimate of drug-likeness (QED) is 0.729. The Hall–Kier alpha value is -0.570. The van der Waals surface area contributed by atoms with Gasteiger partial charge in [-0.2, -0.15) is 0 Å². The van der Waals surface area contributed by atoms with E-state index in [1.165, 1.54) is 0 Å². The number of rotatable bonds is 3. The van der Waals surface area contributed by atoms with Crippen molar-refractivity contribution in [1.29, 1.82) is 0 Å². The Morgan fingerprint density at radius 3 is 2.42 bits per heavy atom. The van der Waals surface area contributed by atoms with Crippen molar-refractivity contribution in [2.45, 2.75) is 11.5 Å². The molecule has 0 bridgehead atoms. The fourth-order valence-electron chi connectivity index (χ4n) is 0.940. The molecule has 0 aliphatic heterocycles. The summed E-state index contributed by atoms with van der Waals surface area (Å²) >= 11 is 2.85. The van der Waals surface area contributed by atoms with Crippen molar-refractivity contribution in [3.63, 3.8) is 0 Å². The van der Waals surface area contributed by atoms with Crippen LogP contribution >= 0.6 is 15.9 Å². The van der Waals surface area contributed by atoms with E-state index >= 15 is 0 Å². The molecule has 0 heterocycles. The van der Waals surface area contributed by atoms with Gasteiger partial charge in [0.05, 0.1) is 7.11 Å². The van der Waals surface area contributed by atoms with Crippen LogP contribution in [0.4, 0.5) is 4.39 Å². The van der Waals surface area contributed by atoms with Gasteiger partial charge in [-0.25, -0.2) is 4.39 Å². The van der Waals surface area contributed by atoms with Crippen molar-refractivity contribution in [3.8, 4) is 5.75 Å². The normalized spacial score (nSPS) is 12.6. The first-order valence-electron chi connectivity index (χ1n) is 3.63. The number of alkyl halides is 2. The summed E-state index contributed by atoms with van der Waals surface area (Å²) in [6.07, 6.45) is 0.393. The average Bonchev–Trinajstić information content (AvgIpc) is 2.05. The topological polar surface area (TPSA) is 9.23 Å². The summed E-state index contributed by atoms with van der Waals surface area (Å²) in [4.78, 5) is 0. The molecule has 12 heavy (non-hydrogen) atoms. The Kier molecular flexibility index (Phi) is 3.53. The van der Waals surface area contributed by atoms with E-state index in [4.69, 9.17) is 4.74 Å². The van der Waals surface area contributed by atoms with E-state index < -0.39 is 5.08 Å². The maximum Gasteiger partial charge on any atom is 0.158 e. The highest BCUT2D eigenvalue weighted by Crippen LogP contribution is 2.15. The lowest BCUT2D eigenvalue weighted by atomic mass is 10.2. The summed E-state index contributed by atoms with van der Waals surface area (Å²) < 4.78 is 17.4. The first-order chi connectivity index (χ1) is 5.72. The van der Waals surface area contributed by atoms with Crippen LogP contribution in [0.25, 0.3) is 0 Å². The summed E-state index contributed by atoms with van der Waals surface area (Å²) in [5, 5.41) is -0.967. The van der Waals surface area contributed by atoms with Crippen LogP contribution in [0.1, 0.15) is 5.56 Å². The molecule has 0 aliphatic carbocycles. The van der Waals surface area contributed by atoms with E-state index in [0.717, 1.165) is 11.3 Å². The molecule has 1 unspecified atom stereocenters. The first-order valence-corrected chi connectivity index (χ1v) is 4.55. The van der Waals surface area contributed by atoms with Crippen LogP contribution in [0, 0.1) is 0 Å². The highest BCUT2D eigenvalue weighted by molar-refractivity contribution is 9.09. The van der Waals surface area contributed by atoms with Gasteiger partial charge >= 0.3 is 0 Å². The smallest absolute Gasteiger partial charge is 0.158 e. The average molecular weight is 233 g/mol. The van der Waals surface area contributed by atoms with Crippen molar-refractivity contribution >= 4 is 15.9 Å². The molecule has 0 aromatic heterocycles. The molecule has 3 heteroatoms. The summed E-state index contributed by atoms with van der Waals surface area (Å²) in [6.45, 7) is 0. The van der Waals surface area contributed by atoms with E-state index in [1.807, 2.05) is 24.3 Å². The van der Waals surface area contributed by atoms with Gasteiger partial charge in [-0.3, -0.25) is 0 Å². The molecule has 0 N–H and O–H groups in total. The van der Waals surface area contributed by atoms with Crippen LogP contribution in [0.5, 0.6) is 5.75 Å². The lowest BCUT2D eigenvalue weighted by molar-refractivity contribution is 0.414. The predicted octanol–water partition coefficient (Wildman–Crippen LogP) is 2.93. The lowest BCUT2D eigenvalue weighted by Crippen LogP contribution is -1.94. The van der Waals surface area contributed by atoms with Crippen molar-refractivity contribution in [3.05, 3.63) is 29.8 Å². The lowest BCUT2D eigenvalue weighted by Gasteiger charge is -2.02. The third-order valence-electron chi connectivity index (χ3n) is 1.55. The number of methoxy groups -OCH3 is 1. The van der Waals surface area contributed by atoms with E-state index in [1.54, 1.807) is 7.11 Å². The van der Waals surface area contributed by atoms with Crippen LogP contribution in [-0.2, 0) is 6.42 Å². The molecular formula is C9H10BrFO. The zero-order chi connectivity index (χ0) is 8.97. The van der Waals surface area contributed by atoms with Gasteiger partial charge in [-0.1, -0.05) is 28.1 Å². The van der Waals surface area contributed by atoms with Gasteiger partial charge < -0.3 is 4.74 Å². The second-order valence-corrected chi connectivity index (χ2v) is 3.44. The Morgan fingerprint density at radius 1 is 1.42 bits per heavy atom. The SMILES string of the molecule is COc1ccc(CC(F)Br)cc1. The van der Waals surface area contributed by atoms with Gasteiger partial charge in [0.1, 0.15) is 5.75 Å². The summed E-state index contributed by atoms with van der Waals surface area (Å²) in [5.41, 5.74) is 0.958. The molecule has 66 valence electrons. The van der Waals surface area contributed by atoms with Crippen molar-refractivity contribution in [2.24, 2.45) is 0 Å². The fourth-order valence-corrected chi connectivity index (χ4v) is 1.31. The highest BCUT2D eigenvalue weighted by Gasteiger charge is 2.01. The molecule has 0 saturated heterocycles. The summed E-state index contributed by atoms with van der Waals surface area (Å²) in [7, 11) is 1.61. The van der Waals surface area contributed by atoms with Crippen LogP contribution < -0.4 is 4.74 Å². The van der Waals surface area contributed by atoms with Crippen LogP contribution in [0.2, 0.25) is 0 Å². The standard InChI is InChI=1S/C9H10BrFO/c1-12-8-4-2-7(3-5-8)6-9(10)11/h2-5,9H,6H2,1H3. The largest absolute Gasteiger partial charge is 0.497 e. The van der Waals surface area contributed by atoms with Crippen LogP contribution in [0.15, 0.2) is 24.3 Å². The van der Waals surface area contributed by atoms with Gasteiger partial charge in [0.15, 0.2) is 5.08 Å². The van der Waals surface area contributed by atoms with Gasteiger partial charge in [-0.05, 0) is 17.7 Å². The van der Waals surface area contributed by atoms with Crippen LogP contribution in [-0.4, -0.2) is 12.2 Å². The molecule has 0 fully saturated rings. The molecule has 1 aromatic rings. The van der Waals surface area contributed by atoms with E-state index in [-0.39, 0.29) is 0 Å². The maximum absolute atomic E-state index is 12.5. The monoisotopic (exact) mass is 232 g/mol. The van der Waals surface area contributed by atoms with E-state index in [9.17, 15) is 4.39 Å². The number of hydrogen-bond donors (Lipinski definition) is 0. The second kappa shape index (κ2) is 4.45. The maximum atomic E-state index is 12.5. The Labute approximate surface area is 79.7 Å². The zero-order valence-electron chi connectivity index (χ0n) is 6.76. The van der Waals surface area contributed by atoms with Gasteiger partial charge in [0, 0.05) is 6.42 Å². The third-order valence-corrected chi connectivity index (χ3v) is 1.87. The number of ether oxygens (including phenoxy) is 1. The molecule has 0 radical (unpaired) electrons. The zero-order valence-corrected chi connectivity index (χ0v) is 8.34. The van der Waals surface area contributed by atoms with Crippen molar-refractivity contribution < 1.29 is 9.13 Å². The summed E-state index contributed by atoms with van der Waals surface area (Å²) in [5.74, 6) is 0.795. The molecule has 1 rings (SSSR count). The van der Waals surface area contributed by atoms with Crippen molar-refractivity contribution in [1.82, 2.24) is 0 Å². The number of benzene rings is 1. The van der Waals surface area contributed by atoms with Crippen molar-refractivity contribution in [2.75, 3.05) is 7.11 Å². The second-order valence-electron chi connectivity index (χ2n) is 2.44. The minimum Gasteiger partial charge on any atom is -0.497 e. The van der Waals surface area contributed by atoms with Gasteiger partial charge in [0.2, 0.25) is 0 Å². The number of hydrogen-bond acceptors (Lipinski definition) is 1.